The Morgan fingerprint density at radius 1 is 1.10 bits per heavy atom. The smallest absolute Gasteiger partial charge is 0.407 e. The van der Waals surface area contributed by atoms with Crippen molar-refractivity contribution >= 4 is 6.09 Å². The Kier molecular flexibility index (Phi) is 6.93. The van der Waals surface area contributed by atoms with Gasteiger partial charge in [0, 0.05) is 19.0 Å². The van der Waals surface area contributed by atoms with Gasteiger partial charge in [-0.25, -0.2) is 4.79 Å². The van der Waals surface area contributed by atoms with Crippen LogP contribution in [0.4, 0.5) is 4.79 Å². The number of amides is 1. The number of alkyl carbamates (subject to hydrolysis) is 1. The van der Waals surface area contributed by atoms with Gasteiger partial charge in [0.25, 0.3) is 0 Å². The summed E-state index contributed by atoms with van der Waals surface area (Å²) in [6.07, 6.45) is 0.576. The third kappa shape index (κ3) is 6.31. The zero-order chi connectivity index (χ0) is 20.9. The number of benzene rings is 2. The van der Waals surface area contributed by atoms with Crippen LogP contribution in [0.2, 0.25) is 0 Å². The number of piperidine rings is 1. The molecule has 2 aromatic carbocycles. The number of likely N-dealkylation sites (tertiary alicyclic amines) is 1. The molecule has 0 bridgehead atoms. The summed E-state index contributed by atoms with van der Waals surface area (Å²) in [4.78, 5) is 14.9. The van der Waals surface area contributed by atoms with Gasteiger partial charge in [-0.15, -0.1) is 0 Å². The van der Waals surface area contributed by atoms with E-state index in [1.165, 1.54) is 11.1 Å². The van der Waals surface area contributed by atoms with Crippen LogP contribution in [-0.2, 0) is 17.9 Å². The highest BCUT2D eigenvalue weighted by molar-refractivity contribution is 5.68. The molecular formula is C24H32N2O3. The van der Waals surface area contributed by atoms with Crippen LogP contribution in [0.25, 0.3) is 0 Å². The molecule has 156 valence electrons. The van der Waals surface area contributed by atoms with Gasteiger partial charge in [0.05, 0.1) is 12.6 Å². The normalized spacial score (nSPS) is 20.3. The molecule has 5 nitrogen and oxygen atoms in total. The highest BCUT2D eigenvalue weighted by Crippen LogP contribution is 2.30. The lowest BCUT2D eigenvalue weighted by molar-refractivity contribution is 0.0455. The second-order valence-electron chi connectivity index (χ2n) is 8.77. The van der Waals surface area contributed by atoms with Crippen molar-refractivity contribution in [1.82, 2.24) is 10.2 Å². The molecule has 0 radical (unpaired) electrons. The van der Waals surface area contributed by atoms with Gasteiger partial charge in [0.15, 0.2) is 0 Å². The van der Waals surface area contributed by atoms with Crippen molar-refractivity contribution in [3.05, 3.63) is 71.3 Å². The van der Waals surface area contributed by atoms with E-state index in [4.69, 9.17) is 4.74 Å². The standard InChI is InChI=1S/C24H32N2O3/c1-24(2,3)29-23(28)25-22-16-26(15-18-7-5-4-6-8-18)14-13-21(22)20-11-9-19(17-27)10-12-20/h4-12,21-22,27H,13-17H2,1-3H3,(H,25,28)/t21?,22-/m0/s1. The van der Waals surface area contributed by atoms with Gasteiger partial charge >= 0.3 is 6.09 Å². The van der Waals surface area contributed by atoms with E-state index < -0.39 is 5.60 Å². The maximum atomic E-state index is 12.5. The number of nitrogens with one attached hydrogen (secondary N) is 1. The Labute approximate surface area is 173 Å². The molecule has 1 aliphatic rings. The van der Waals surface area contributed by atoms with Gasteiger partial charge < -0.3 is 15.2 Å². The van der Waals surface area contributed by atoms with E-state index in [-0.39, 0.29) is 24.7 Å². The van der Waals surface area contributed by atoms with Gasteiger partial charge in [-0.3, -0.25) is 4.90 Å². The number of aliphatic hydroxyl groups excluding tert-OH is 1. The summed E-state index contributed by atoms with van der Waals surface area (Å²) >= 11 is 0. The lowest BCUT2D eigenvalue weighted by atomic mass is 9.84. The van der Waals surface area contributed by atoms with Crippen molar-refractivity contribution in [3.8, 4) is 0 Å². The SMILES string of the molecule is CC(C)(C)OC(=O)N[C@H]1CN(Cc2ccccc2)CCC1c1ccc(CO)cc1. The van der Waals surface area contributed by atoms with Crippen molar-refractivity contribution in [2.24, 2.45) is 0 Å². The van der Waals surface area contributed by atoms with Crippen molar-refractivity contribution in [2.75, 3.05) is 13.1 Å². The minimum absolute atomic E-state index is 0.0371. The maximum Gasteiger partial charge on any atom is 0.407 e. The second kappa shape index (κ2) is 9.42. The molecule has 1 unspecified atom stereocenters. The van der Waals surface area contributed by atoms with Crippen LogP contribution in [0.5, 0.6) is 0 Å². The van der Waals surface area contributed by atoms with E-state index in [0.29, 0.717) is 0 Å². The number of rotatable bonds is 5. The van der Waals surface area contributed by atoms with Crippen molar-refractivity contribution in [3.63, 3.8) is 0 Å². The van der Waals surface area contributed by atoms with Crippen molar-refractivity contribution < 1.29 is 14.6 Å². The van der Waals surface area contributed by atoms with Crippen LogP contribution in [0.1, 0.15) is 49.8 Å². The Morgan fingerprint density at radius 3 is 2.41 bits per heavy atom. The average molecular weight is 397 g/mol. The molecule has 2 N–H and O–H groups in total. The predicted octanol–water partition coefficient (Wildman–Crippen LogP) is 4.06. The first-order chi connectivity index (χ1) is 13.8. The minimum atomic E-state index is -0.527. The van der Waals surface area contributed by atoms with Crippen LogP contribution < -0.4 is 5.32 Å². The van der Waals surface area contributed by atoms with Gasteiger partial charge in [0.1, 0.15) is 5.60 Å². The van der Waals surface area contributed by atoms with E-state index in [0.717, 1.165) is 31.6 Å². The monoisotopic (exact) mass is 396 g/mol. The fourth-order valence-corrected chi connectivity index (χ4v) is 3.88. The molecule has 0 saturated carbocycles. The number of ether oxygens (including phenoxy) is 1. The number of hydrogen-bond donors (Lipinski definition) is 2. The van der Waals surface area contributed by atoms with Gasteiger partial charge in [-0.05, 0) is 50.4 Å². The molecule has 1 fully saturated rings. The van der Waals surface area contributed by atoms with Crippen molar-refractivity contribution in [2.45, 2.75) is 57.9 Å². The molecule has 1 heterocycles. The van der Waals surface area contributed by atoms with Gasteiger partial charge in [0.2, 0.25) is 0 Å². The molecule has 0 aliphatic carbocycles. The zero-order valence-corrected chi connectivity index (χ0v) is 17.6. The number of nitrogens with zero attached hydrogens (tertiary/aromatic N) is 1. The van der Waals surface area contributed by atoms with Crippen LogP contribution in [-0.4, -0.2) is 40.8 Å². The van der Waals surface area contributed by atoms with Crippen LogP contribution in [0.3, 0.4) is 0 Å². The topological polar surface area (TPSA) is 61.8 Å². The van der Waals surface area contributed by atoms with Crippen LogP contribution in [0, 0.1) is 0 Å². The van der Waals surface area contributed by atoms with E-state index in [1.54, 1.807) is 0 Å². The first-order valence-electron chi connectivity index (χ1n) is 10.3. The minimum Gasteiger partial charge on any atom is -0.444 e. The molecule has 3 rings (SSSR count). The van der Waals surface area contributed by atoms with E-state index in [1.807, 2.05) is 39.0 Å². The molecule has 29 heavy (non-hydrogen) atoms. The fraction of sp³-hybridized carbons (Fsp3) is 0.458. The number of aliphatic hydroxyl groups is 1. The Morgan fingerprint density at radius 2 is 1.79 bits per heavy atom. The maximum absolute atomic E-state index is 12.5. The summed E-state index contributed by atoms with van der Waals surface area (Å²) < 4.78 is 5.51. The van der Waals surface area contributed by atoms with Gasteiger partial charge in [-0.2, -0.15) is 0 Å². The third-order valence-corrected chi connectivity index (χ3v) is 5.24. The Hall–Kier alpha value is -2.37. The van der Waals surface area contributed by atoms with Crippen molar-refractivity contribution in [1.29, 1.82) is 0 Å². The molecule has 2 aromatic rings. The summed E-state index contributed by atoms with van der Waals surface area (Å²) in [6.45, 7) is 8.26. The number of carbonyl (C=O) groups excluding carboxylic acids is 1. The van der Waals surface area contributed by atoms with Gasteiger partial charge in [-0.1, -0.05) is 54.6 Å². The Balaban J connectivity index is 1.74. The summed E-state index contributed by atoms with van der Waals surface area (Å²) in [5.74, 6) is 0.210. The van der Waals surface area contributed by atoms with Crippen LogP contribution in [0.15, 0.2) is 54.6 Å². The quantitative estimate of drug-likeness (QED) is 0.800. The third-order valence-electron chi connectivity index (χ3n) is 5.24. The van der Waals surface area contributed by atoms with E-state index >= 15 is 0 Å². The fourth-order valence-electron chi connectivity index (χ4n) is 3.88. The highest BCUT2D eigenvalue weighted by Gasteiger charge is 2.32. The summed E-state index contributed by atoms with van der Waals surface area (Å²) in [5.41, 5.74) is 2.82. The molecule has 5 heteroatoms. The lowest BCUT2D eigenvalue weighted by Crippen LogP contribution is -2.52. The first-order valence-corrected chi connectivity index (χ1v) is 10.3. The second-order valence-corrected chi connectivity index (χ2v) is 8.77. The highest BCUT2D eigenvalue weighted by atomic mass is 16.6. The summed E-state index contributed by atoms with van der Waals surface area (Å²) in [7, 11) is 0. The molecule has 1 aliphatic heterocycles. The molecule has 1 saturated heterocycles. The van der Waals surface area contributed by atoms with Crippen LogP contribution >= 0.6 is 0 Å². The first kappa shape index (κ1) is 21.3. The number of carbonyl (C=O) groups is 1. The molecule has 1 amide bonds. The van der Waals surface area contributed by atoms with E-state index in [9.17, 15) is 9.90 Å². The largest absolute Gasteiger partial charge is 0.444 e. The Bertz CT molecular complexity index is 784. The molecule has 2 atom stereocenters. The summed E-state index contributed by atoms with van der Waals surface area (Å²) in [6, 6.07) is 18.4. The molecule has 0 aromatic heterocycles. The van der Waals surface area contributed by atoms with E-state index in [2.05, 4.69) is 46.6 Å². The molecule has 0 spiro atoms. The zero-order valence-electron chi connectivity index (χ0n) is 17.6. The average Bonchev–Trinajstić information content (AvgIpc) is 2.68. The lowest BCUT2D eigenvalue weighted by Gasteiger charge is -2.39. The summed E-state index contributed by atoms with van der Waals surface area (Å²) in [5, 5.41) is 12.4. The number of hydrogen-bond acceptors (Lipinski definition) is 4. The molecular weight excluding hydrogens is 364 g/mol. The predicted molar refractivity (Wildman–Crippen MR) is 115 cm³/mol.